The molecule has 0 heterocycles. The van der Waals surface area contributed by atoms with Gasteiger partial charge in [0.15, 0.2) is 16.6 Å². The third-order valence-corrected chi connectivity index (χ3v) is 8.45. The summed E-state index contributed by atoms with van der Waals surface area (Å²) in [6, 6.07) is 0.610. The van der Waals surface area contributed by atoms with Crippen molar-refractivity contribution < 1.29 is 14.0 Å². The van der Waals surface area contributed by atoms with Crippen LogP contribution >= 0.6 is 0 Å². The Hall–Kier alpha value is -0.396. The summed E-state index contributed by atoms with van der Waals surface area (Å²) in [5.74, 6) is -0.777. The average Bonchev–Trinajstić information content (AvgIpc) is 2.10. The van der Waals surface area contributed by atoms with Crippen molar-refractivity contribution >= 4 is 22.6 Å². The van der Waals surface area contributed by atoms with Crippen LogP contribution in [0.15, 0.2) is 11.1 Å². The van der Waals surface area contributed by atoms with Gasteiger partial charge in [0, 0.05) is 5.57 Å². The van der Waals surface area contributed by atoms with E-state index in [1.807, 2.05) is 6.92 Å². The van der Waals surface area contributed by atoms with Gasteiger partial charge in [-0.15, -0.1) is 0 Å². The fourth-order valence-electron chi connectivity index (χ4n) is 2.23. The van der Waals surface area contributed by atoms with Crippen LogP contribution in [0.3, 0.4) is 0 Å². The molecule has 0 amide bonds. The molecule has 18 heavy (non-hydrogen) atoms. The summed E-state index contributed by atoms with van der Waals surface area (Å²) in [5, 5.41) is 9.35. The van der Waals surface area contributed by atoms with Crippen molar-refractivity contribution in [3.63, 3.8) is 0 Å². The third-order valence-electron chi connectivity index (χ3n) is 2.58. The number of aliphatic carboxylic acids is 1. The van der Waals surface area contributed by atoms with E-state index in [4.69, 9.17) is 4.12 Å². The molecule has 0 aliphatic rings. The molecule has 5 heteroatoms. The molecule has 0 aliphatic carbocycles. The summed E-state index contributed by atoms with van der Waals surface area (Å²) in [6.07, 6.45) is 1.85. The molecule has 0 aromatic rings. The van der Waals surface area contributed by atoms with Crippen LogP contribution in [-0.4, -0.2) is 27.7 Å². The SMILES string of the molecule is CCCC(C)=C(C[Si](C)(C)O[Si](C)(C)C)C(=O)O. The second-order valence-electron chi connectivity index (χ2n) is 6.46. The van der Waals surface area contributed by atoms with E-state index in [2.05, 4.69) is 39.7 Å². The lowest BCUT2D eigenvalue weighted by Crippen LogP contribution is -2.43. The molecule has 0 radical (unpaired) electrons. The molecule has 0 atom stereocenters. The van der Waals surface area contributed by atoms with Gasteiger partial charge in [-0.05, 0) is 52.1 Å². The standard InChI is InChI=1S/C13H28O3Si2/c1-8-9-11(2)12(13(14)15)10-18(6,7)16-17(3,4)5/h8-10H2,1-7H3,(H,14,15). The minimum Gasteiger partial charge on any atom is -0.478 e. The molecule has 0 aliphatic heterocycles. The van der Waals surface area contributed by atoms with Crippen LogP contribution < -0.4 is 0 Å². The molecule has 0 fully saturated rings. The number of hydrogen-bond donors (Lipinski definition) is 1. The zero-order valence-corrected chi connectivity index (χ0v) is 14.9. The van der Waals surface area contributed by atoms with Gasteiger partial charge in [-0.1, -0.05) is 18.9 Å². The van der Waals surface area contributed by atoms with Gasteiger partial charge in [0.05, 0.1) is 0 Å². The van der Waals surface area contributed by atoms with Gasteiger partial charge in [-0.25, -0.2) is 4.79 Å². The van der Waals surface area contributed by atoms with E-state index in [1.54, 1.807) is 0 Å². The first kappa shape index (κ1) is 17.6. The number of allylic oxidation sites excluding steroid dienone is 1. The predicted octanol–water partition coefficient (Wildman–Crippen LogP) is 4.24. The molecular formula is C13H28O3Si2. The highest BCUT2D eigenvalue weighted by Crippen LogP contribution is 2.25. The van der Waals surface area contributed by atoms with E-state index in [1.165, 1.54) is 0 Å². The Morgan fingerprint density at radius 1 is 1.17 bits per heavy atom. The van der Waals surface area contributed by atoms with Crippen molar-refractivity contribution in [3.05, 3.63) is 11.1 Å². The molecular weight excluding hydrogens is 260 g/mol. The Morgan fingerprint density at radius 2 is 1.67 bits per heavy atom. The van der Waals surface area contributed by atoms with Gasteiger partial charge >= 0.3 is 5.97 Å². The van der Waals surface area contributed by atoms with E-state index in [0.717, 1.165) is 18.4 Å². The van der Waals surface area contributed by atoms with Crippen molar-refractivity contribution in [1.82, 2.24) is 0 Å². The van der Waals surface area contributed by atoms with Crippen molar-refractivity contribution in [2.24, 2.45) is 0 Å². The van der Waals surface area contributed by atoms with Gasteiger partial charge in [-0.2, -0.15) is 0 Å². The largest absolute Gasteiger partial charge is 0.478 e. The van der Waals surface area contributed by atoms with Crippen LogP contribution in [0.1, 0.15) is 26.7 Å². The lowest BCUT2D eigenvalue weighted by Gasteiger charge is -2.32. The van der Waals surface area contributed by atoms with Crippen LogP contribution in [0.4, 0.5) is 0 Å². The molecule has 3 nitrogen and oxygen atoms in total. The first-order chi connectivity index (χ1) is 7.98. The number of carboxylic acid groups (broad SMARTS) is 1. The van der Waals surface area contributed by atoms with Crippen LogP contribution in [0.2, 0.25) is 38.8 Å². The maximum atomic E-state index is 11.4. The smallest absolute Gasteiger partial charge is 0.331 e. The highest BCUT2D eigenvalue weighted by molar-refractivity contribution is 6.84. The number of hydrogen-bond acceptors (Lipinski definition) is 2. The third kappa shape index (κ3) is 7.13. The van der Waals surface area contributed by atoms with Crippen LogP contribution in [0.25, 0.3) is 0 Å². The van der Waals surface area contributed by atoms with E-state index in [0.29, 0.717) is 11.6 Å². The van der Waals surface area contributed by atoms with Gasteiger partial charge in [-0.3, -0.25) is 0 Å². The van der Waals surface area contributed by atoms with Crippen molar-refractivity contribution in [2.45, 2.75) is 65.5 Å². The zero-order valence-electron chi connectivity index (χ0n) is 12.9. The Labute approximate surface area is 114 Å². The normalized spacial score (nSPS) is 14.4. The molecule has 0 saturated heterocycles. The maximum Gasteiger partial charge on any atom is 0.331 e. The molecule has 0 aromatic heterocycles. The fourth-order valence-corrected chi connectivity index (χ4v) is 10.4. The second kappa shape index (κ2) is 6.68. The molecule has 0 saturated carbocycles. The summed E-state index contributed by atoms with van der Waals surface area (Å²) in [7, 11) is -3.53. The van der Waals surface area contributed by atoms with Gasteiger partial charge in [0.2, 0.25) is 0 Å². The first-order valence-corrected chi connectivity index (χ1v) is 13.1. The maximum absolute atomic E-state index is 11.4. The van der Waals surface area contributed by atoms with Crippen LogP contribution in [0.5, 0.6) is 0 Å². The minimum atomic E-state index is -1.93. The van der Waals surface area contributed by atoms with Gasteiger partial charge in [0.1, 0.15) is 0 Å². The van der Waals surface area contributed by atoms with Gasteiger partial charge < -0.3 is 9.22 Å². The minimum absolute atomic E-state index is 0.576. The lowest BCUT2D eigenvalue weighted by atomic mass is 10.1. The van der Waals surface area contributed by atoms with Crippen molar-refractivity contribution in [2.75, 3.05) is 0 Å². The molecule has 0 unspecified atom stereocenters. The van der Waals surface area contributed by atoms with E-state index >= 15 is 0 Å². The average molecular weight is 289 g/mol. The lowest BCUT2D eigenvalue weighted by molar-refractivity contribution is -0.132. The van der Waals surface area contributed by atoms with Gasteiger partial charge in [0.25, 0.3) is 0 Å². The zero-order chi connectivity index (χ0) is 14.6. The van der Waals surface area contributed by atoms with Crippen LogP contribution in [-0.2, 0) is 8.91 Å². The summed E-state index contributed by atoms with van der Waals surface area (Å²) in [4.78, 5) is 11.4. The fraction of sp³-hybridized carbons (Fsp3) is 0.769. The van der Waals surface area contributed by atoms with E-state index in [9.17, 15) is 9.90 Å². The Kier molecular flexibility index (Phi) is 6.53. The van der Waals surface area contributed by atoms with Crippen molar-refractivity contribution in [1.29, 1.82) is 0 Å². The topological polar surface area (TPSA) is 46.5 Å². The number of rotatable bonds is 7. The summed E-state index contributed by atoms with van der Waals surface area (Å²) < 4.78 is 6.21. The summed E-state index contributed by atoms with van der Waals surface area (Å²) in [5.41, 5.74) is 1.58. The highest BCUT2D eigenvalue weighted by atomic mass is 28.4. The molecule has 0 bridgehead atoms. The van der Waals surface area contributed by atoms with Crippen molar-refractivity contribution in [3.8, 4) is 0 Å². The first-order valence-electron chi connectivity index (χ1n) is 6.60. The molecule has 1 N–H and O–H groups in total. The molecule has 0 rings (SSSR count). The molecule has 106 valence electrons. The monoisotopic (exact) mass is 288 g/mol. The number of carboxylic acids is 1. The molecule has 0 spiro atoms. The number of carbonyl (C=O) groups is 1. The highest BCUT2D eigenvalue weighted by Gasteiger charge is 2.32. The quantitative estimate of drug-likeness (QED) is 0.563. The Morgan fingerprint density at radius 3 is 2.00 bits per heavy atom. The Bertz CT molecular complexity index is 328. The molecule has 0 aromatic carbocycles. The summed E-state index contributed by atoms with van der Waals surface area (Å²) in [6.45, 7) is 14.7. The second-order valence-corrected chi connectivity index (χ2v) is 15.4. The summed E-state index contributed by atoms with van der Waals surface area (Å²) >= 11 is 0. The predicted molar refractivity (Wildman–Crippen MR) is 82.0 cm³/mol. The van der Waals surface area contributed by atoms with E-state index in [-0.39, 0.29) is 0 Å². The van der Waals surface area contributed by atoms with Crippen LogP contribution in [0, 0.1) is 0 Å². The Balaban J connectivity index is 5.00. The van der Waals surface area contributed by atoms with E-state index < -0.39 is 22.6 Å².